The number of halogens is 1. The lowest BCUT2D eigenvalue weighted by molar-refractivity contribution is -0.124. The SMILES string of the molecule is CC(C)C(=O)NCC1CCCN(C(=O)NCc2cnn(-c3ccc(Cl)cc3)c2)C1. The highest BCUT2D eigenvalue weighted by Gasteiger charge is 2.24. The molecule has 1 unspecified atom stereocenters. The molecule has 3 rings (SSSR count). The lowest BCUT2D eigenvalue weighted by Crippen LogP contribution is -2.47. The van der Waals surface area contributed by atoms with Crippen molar-refractivity contribution in [3.05, 3.63) is 47.2 Å². The highest BCUT2D eigenvalue weighted by atomic mass is 35.5. The maximum Gasteiger partial charge on any atom is 0.317 e. The zero-order chi connectivity index (χ0) is 20.8. The summed E-state index contributed by atoms with van der Waals surface area (Å²) >= 11 is 5.92. The van der Waals surface area contributed by atoms with E-state index in [2.05, 4.69) is 15.7 Å². The van der Waals surface area contributed by atoms with Crippen LogP contribution in [0.4, 0.5) is 4.79 Å². The summed E-state index contributed by atoms with van der Waals surface area (Å²) in [4.78, 5) is 26.2. The smallest absolute Gasteiger partial charge is 0.317 e. The molecular formula is C21H28ClN5O2. The Kier molecular flexibility index (Phi) is 7.14. The minimum atomic E-state index is -0.0795. The van der Waals surface area contributed by atoms with Gasteiger partial charge in [0, 0.05) is 48.9 Å². The van der Waals surface area contributed by atoms with Gasteiger partial charge in [-0.2, -0.15) is 5.10 Å². The van der Waals surface area contributed by atoms with Crippen LogP contribution in [0.15, 0.2) is 36.7 Å². The van der Waals surface area contributed by atoms with Crippen molar-refractivity contribution in [1.29, 1.82) is 0 Å². The number of carbonyl (C=O) groups excluding carboxylic acids is 2. The molecule has 0 bridgehead atoms. The van der Waals surface area contributed by atoms with Crippen molar-refractivity contribution in [2.75, 3.05) is 19.6 Å². The van der Waals surface area contributed by atoms with E-state index in [1.807, 2.05) is 49.2 Å². The molecule has 2 heterocycles. The standard InChI is InChI=1S/C21H28ClN5O2/c1-15(2)20(28)23-10-16-4-3-9-26(13-16)21(29)24-11-17-12-25-27(14-17)19-7-5-18(22)6-8-19/h5-8,12,14-16H,3-4,9-11,13H2,1-2H3,(H,23,28)(H,24,29). The van der Waals surface area contributed by atoms with Crippen LogP contribution < -0.4 is 10.6 Å². The Balaban J connectivity index is 1.48. The molecule has 1 fully saturated rings. The van der Waals surface area contributed by atoms with Gasteiger partial charge in [-0.3, -0.25) is 4.79 Å². The first kappa shape index (κ1) is 21.2. The van der Waals surface area contributed by atoms with Crippen LogP contribution in [-0.4, -0.2) is 46.3 Å². The second-order valence-corrected chi connectivity index (χ2v) is 8.22. The van der Waals surface area contributed by atoms with E-state index >= 15 is 0 Å². The van der Waals surface area contributed by atoms with E-state index in [4.69, 9.17) is 11.6 Å². The van der Waals surface area contributed by atoms with E-state index in [0.717, 1.165) is 30.6 Å². The molecule has 1 aliphatic rings. The van der Waals surface area contributed by atoms with Crippen LogP contribution in [0.3, 0.4) is 0 Å². The van der Waals surface area contributed by atoms with E-state index in [1.54, 1.807) is 10.9 Å². The molecule has 0 radical (unpaired) electrons. The van der Waals surface area contributed by atoms with Crippen LogP contribution >= 0.6 is 11.6 Å². The van der Waals surface area contributed by atoms with Crippen molar-refractivity contribution in [3.63, 3.8) is 0 Å². The summed E-state index contributed by atoms with van der Waals surface area (Å²) in [7, 11) is 0. The molecule has 0 spiro atoms. The first-order valence-corrected chi connectivity index (χ1v) is 10.4. The lowest BCUT2D eigenvalue weighted by Gasteiger charge is -2.33. The fraction of sp³-hybridized carbons (Fsp3) is 0.476. The molecule has 1 atom stereocenters. The van der Waals surface area contributed by atoms with Gasteiger partial charge in [-0.15, -0.1) is 0 Å². The summed E-state index contributed by atoms with van der Waals surface area (Å²) in [6.07, 6.45) is 5.61. The van der Waals surface area contributed by atoms with Gasteiger partial charge < -0.3 is 15.5 Å². The third-order valence-electron chi connectivity index (χ3n) is 5.07. The molecule has 29 heavy (non-hydrogen) atoms. The molecule has 1 aromatic heterocycles. The lowest BCUT2D eigenvalue weighted by atomic mass is 9.98. The number of likely N-dealkylation sites (tertiary alicyclic amines) is 1. The normalized spacial score (nSPS) is 16.7. The minimum Gasteiger partial charge on any atom is -0.356 e. The quantitative estimate of drug-likeness (QED) is 0.757. The van der Waals surface area contributed by atoms with Gasteiger partial charge in [0.1, 0.15) is 0 Å². The fourth-order valence-corrected chi connectivity index (χ4v) is 3.47. The van der Waals surface area contributed by atoms with Crippen LogP contribution in [0.2, 0.25) is 5.02 Å². The van der Waals surface area contributed by atoms with Gasteiger partial charge in [0.05, 0.1) is 11.9 Å². The average Bonchev–Trinajstić information content (AvgIpc) is 3.20. The number of amides is 3. The Morgan fingerprint density at radius 3 is 2.72 bits per heavy atom. The third-order valence-corrected chi connectivity index (χ3v) is 5.32. The van der Waals surface area contributed by atoms with Gasteiger partial charge in [0.25, 0.3) is 0 Å². The zero-order valence-corrected chi connectivity index (χ0v) is 17.7. The van der Waals surface area contributed by atoms with E-state index in [1.165, 1.54) is 0 Å². The molecule has 3 amide bonds. The van der Waals surface area contributed by atoms with Crippen molar-refractivity contribution in [3.8, 4) is 5.69 Å². The molecule has 0 saturated carbocycles. The highest BCUT2D eigenvalue weighted by molar-refractivity contribution is 6.30. The van der Waals surface area contributed by atoms with Crippen molar-refractivity contribution in [2.24, 2.45) is 11.8 Å². The second kappa shape index (κ2) is 9.78. The zero-order valence-electron chi connectivity index (χ0n) is 16.9. The number of nitrogens with one attached hydrogen (secondary N) is 2. The molecule has 156 valence electrons. The monoisotopic (exact) mass is 417 g/mol. The topological polar surface area (TPSA) is 79.3 Å². The number of aromatic nitrogens is 2. The Bertz CT molecular complexity index is 834. The van der Waals surface area contributed by atoms with E-state index in [-0.39, 0.29) is 17.9 Å². The van der Waals surface area contributed by atoms with Gasteiger partial charge in [-0.25, -0.2) is 9.48 Å². The largest absolute Gasteiger partial charge is 0.356 e. The maximum absolute atomic E-state index is 12.6. The Labute approximate surface area is 176 Å². The average molecular weight is 418 g/mol. The Hall–Kier alpha value is -2.54. The molecule has 1 aliphatic heterocycles. The van der Waals surface area contributed by atoms with Crippen LogP contribution in [0, 0.1) is 11.8 Å². The summed E-state index contributed by atoms with van der Waals surface area (Å²) in [5.41, 5.74) is 1.83. The van der Waals surface area contributed by atoms with Gasteiger partial charge in [-0.1, -0.05) is 25.4 Å². The predicted molar refractivity (Wildman–Crippen MR) is 113 cm³/mol. The van der Waals surface area contributed by atoms with Crippen molar-refractivity contribution < 1.29 is 9.59 Å². The number of carbonyl (C=O) groups is 2. The molecule has 7 nitrogen and oxygen atoms in total. The second-order valence-electron chi connectivity index (χ2n) is 7.78. The molecule has 0 aliphatic carbocycles. The molecule has 8 heteroatoms. The number of nitrogens with zero attached hydrogens (tertiary/aromatic N) is 3. The van der Waals surface area contributed by atoms with Crippen LogP contribution in [-0.2, 0) is 11.3 Å². The fourth-order valence-electron chi connectivity index (χ4n) is 3.34. The number of hydrogen-bond donors (Lipinski definition) is 2. The first-order chi connectivity index (χ1) is 13.9. The predicted octanol–water partition coefficient (Wildman–Crippen LogP) is 3.22. The van der Waals surface area contributed by atoms with Gasteiger partial charge in [0.2, 0.25) is 5.91 Å². The molecule has 1 aromatic carbocycles. The molecule has 1 saturated heterocycles. The highest BCUT2D eigenvalue weighted by Crippen LogP contribution is 2.17. The summed E-state index contributed by atoms with van der Waals surface area (Å²) in [5, 5.41) is 11.0. The number of benzene rings is 1. The molecule has 2 aromatic rings. The molecular weight excluding hydrogens is 390 g/mol. The summed E-state index contributed by atoms with van der Waals surface area (Å²) in [6, 6.07) is 7.34. The van der Waals surface area contributed by atoms with Gasteiger partial charge >= 0.3 is 6.03 Å². The third kappa shape index (κ3) is 5.97. The Morgan fingerprint density at radius 2 is 2.00 bits per heavy atom. The van der Waals surface area contributed by atoms with Crippen molar-refractivity contribution in [2.45, 2.75) is 33.2 Å². The number of urea groups is 1. The number of rotatable bonds is 6. The van der Waals surface area contributed by atoms with E-state index in [9.17, 15) is 9.59 Å². The number of hydrogen-bond acceptors (Lipinski definition) is 3. The molecule has 2 N–H and O–H groups in total. The summed E-state index contributed by atoms with van der Waals surface area (Å²) < 4.78 is 1.76. The van der Waals surface area contributed by atoms with Crippen LogP contribution in [0.25, 0.3) is 5.69 Å². The van der Waals surface area contributed by atoms with E-state index in [0.29, 0.717) is 30.6 Å². The summed E-state index contributed by atoms with van der Waals surface area (Å²) in [6.45, 7) is 6.20. The minimum absolute atomic E-state index is 0.0215. The van der Waals surface area contributed by atoms with Gasteiger partial charge in [0.15, 0.2) is 0 Å². The maximum atomic E-state index is 12.6. The van der Waals surface area contributed by atoms with Gasteiger partial charge in [-0.05, 0) is 43.0 Å². The van der Waals surface area contributed by atoms with Crippen molar-refractivity contribution in [1.82, 2.24) is 25.3 Å². The summed E-state index contributed by atoms with van der Waals surface area (Å²) in [5.74, 6) is 0.334. The Morgan fingerprint density at radius 1 is 1.24 bits per heavy atom. The van der Waals surface area contributed by atoms with Crippen molar-refractivity contribution >= 4 is 23.5 Å². The number of piperidine rings is 1. The first-order valence-electron chi connectivity index (χ1n) is 10.0. The van der Waals surface area contributed by atoms with E-state index < -0.39 is 0 Å². The van der Waals surface area contributed by atoms with Crippen LogP contribution in [0.5, 0.6) is 0 Å². The van der Waals surface area contributed by atoms with Crippen LogP contribution in [0.1, 0.15) is 32.3 Å².